The number of nitrogens with one attached hydrogen (secondary N) is 1. The lowest BCUT2D eigenvalue weighted by molar-refractivity contribution is -0.214. The first kappa shape index (κ1) is 27.2. The first-order chi connectivity index (χ1) is 17.8. The number of carbonyl (C=O) groups is 1. The highest BCUT2D eigenvalue weighted by molar-refractivity contribution is 5.80. The molecule has 0 bridgehead atoms. The number of hydrogen-bond donors (Lipinski definition) is 1. The first-order valence-corrected chi connectivity index (χ1v) is 13.6. The fourth-order valence-corrected chi connectivity index (χ4v) is 5.18. The third kappa shape index (κ3) is 7.83. The molecule has 1 aliphatic heterocycles. The second-order valence-electron chi connectivity index (χ2n) is 11.1. The summed E-state index contributed by atoms with van der Waals surface area (Å²) in [4.78, 5) is 18.7. The van der Waals surface area contributed by atoms with Crippen LogP contribution in [0.3, 0.4) is 0 Å². The van der Waals surface area contributed by atoms with E-state index in [4.69, 9.17) is 14.2 Å². The molecule has 1 fully saturated rings. The van der Waals surface area contributed by atoms with E-state index in [0.29, 0.717) is 13.1 Å². The highest BCUT2D eigenvalue weighted by atomic mass is 16.7. The van der Waals surface area contributed by atoms with Gasteiger partial charge in [-0.15, -0.1) is 0 Å². The maximum atomic E-state index is 13.2. The maximum absolute atomic E-state index is 13.2. The third-order valence-electron chi connectivity index (χ3n) is 6.99. The number of H-pyrrole nitrogens is 1. The number of aromatic amines is 1. The summed E-state index contributed by atoms with van der Waals surface area (Å²) < 4.78 is 18.0. The highest BCUT2D eigenvalue weighted by Crippen LogP contribution is 2.32. The molecular weight excluding hydrogens is 464 g/mol. The number of para-hydroxylation sites is 1. The van der Waals surface area contributed by atoms with Crippen LogP contribution in [-0.2, 0) is 27.2 Å². The largest absolute Gasteiger partial charge is 0.444 e. The standard InChI is InChI=1S/C31H42N2O4/c1-5-27(29-35-18-11-19-36-29)24(20-26-21-25-14-9-10-15-28(25)32-26)16-17-33(30(34)37-31(2,3)4)22-23-12-7-6-8-13-23/h6-10,12-15,21,24,27,29,32H,5,11,16-20,22H2,1-4H3/t24-,27?/m1/s1. The van der Waals surface area contributed by atoms with Crippen molar-refractivity contribution in [3.63, 3.8) is 0 Å². The number of carbonyl (C=O) groups excluding carboxylic acids is 1. The van der Waals surface area contributed by atoms with E-state index in [0.717, 1.165) is 50.0 Å². The van der Waals surface area contributed by atoms with Crippen molar-refractivity contribution in [1.82, 2.24) is 9.88 Å². The van der Waals surface area contributed by atoms with Gasteiger partial charge in [-0.2, -0.15) is 0 Å². The van der Waals surface area contributed by atoms with Crippen LogP contribution in [0, 0.1) is 11.8 Å². The molecule has 2 aromatic carbocycles. The lowest BCUT2D eigenvalue weighted by Crippen LogP contribution is -2.40. The molecule has 3 aromatic rings. The van der Waals surface area contributed by atoms with Crippen molar-refractivity contribution in [3.8, 4) is 0 Å². The second kappa shape index (κ2) is 12.6. The van der Waals surface area contributed by atoms with Crippen LogP contribution in [0.5, 0.6) is 0 Å². The minimum Gasteiger partial charge on any atom is -0.444 e. The van der Waals surface area contributed by atoms with Crippen molar-refractivity contribution in [2.45, 2.75) is 71.8 Å². The molecule has 0 saturated carbocycles. The minimum atomic E-state index is -0.550. The molecule has 0 spiro atoms. The summed E-state index contributed by atoms with van der Waals surface area (Å²) in [5.41, 5.74) is 2.89. The summed E-state index contributed by atoms with van der Waals surface area (Å²) in [6.45, 7) is 10.5. The van der Waals surface area contributed by atoms with Crippen molar-refractivity contribution in [2.24, 2.45) is 11.8 Å². The molecule has 6 nitrogen and oxygen atoms in total. The second-order valence-corrected chi connectivity index (χ2v) is 11.1. The maximum Gasteiger partial charge on any atom is 0.410 e. The molecule has 37 heavy (non-hydrogen) atoms. The molecule has 0 aliphatic carbocycles. The number of ether oxygens (including phenoxy) is 3. The fraction of sp³-hybridized carbons (Fsp3) is 0.516. The normalized spacial score (nSPS) is 16.4. The Kier molecular flexibility index (Phi) is 9.28. The third-order valence-corrected chi connectivity index (χ3v) is 6.99. The van der Waals surface area contributed by atoms with Gasteiger partial charge in [0.25, 0.3) is 0 Å². The van der Waals surface area contributed by atoms with Crippen molar-refractivity contribution in [2.75, 3.05) is 19.8 Å². The molecular formula is C31H42N2O4. The molecule has 6 heteroatoms. The average Bonchev–Trinajstić information content (AvgIpc) is 3.29. The Balaban J connectivity index is 1.55. The van der Waals surface area contributed by atoms with E-state index in [1.54, 1.807) is 0 Å². The van der Waals surface area contributed by atoms with Gasteiger partial charge in [0.05, 0.1) is 13.2 Å². The molecule has 1 aromatic heterocycles. The van der Waals surface area contributed by atoms with Gasteiger partial charge in [-0.3, -0.25) is 0 Å². The van der Waals surface area contributed by atoms with Crippen molar-refractivity contribution >= 4 is 17.0 Å². The number of rotatable bonds is 10. The summed E-state index contributed by atoms with van der Waals surface area (Å²) >= 11 is 0. The predicted octanol–water partition coefficient (Wildman–Crippen LogP) is 6.94. The number of fused-ring (bicyclic) bond motifs is 1. The highest BCUT2D eigenvalue weighted by Gasteiger charge is 2.33. The van der Waals surface area contributed by atoms with Crippen molar-refractivity contribution in [1.29, 1.82) is 0 Å². The SMILES string of the molecule is CCC(C1OCCCO1)[C@H](CCN(Cc1ccccc1)C(=O)OC(C)(C)C)Cc1cc2ccccc2[nH]1. The van der Waals surface area contributed by atoms with Crippen LogP contribution in [0.15, 0.2) is 60.7 Å². The van der Waals surface area contributed by atoms with Crippen LogP contribution >= 0.6 is 0 Å². The molecule has 2 atom stereocenters. The zero-order chi connectivity index (χ0) is 26.3. The molecule has 0 radical (unpaired) electrons. The van der Waals surface area contributed by atoms with Gasteiger partial charge >= 0.3 is 6.09 Å². The van der Waals surface area contributed by atoms with Gasteiger partial charge in [0.1, 0.15) is 5.60 Å². The molecule has 1 amide bonds. The Hall–Kier alpha value is -2.83. The number of hydrogen-bond acceptors (Lipinski definition) is 4. The van der Waals surface area contributed by atoms with Gasteiger partial charge in [0.2, 0.25) is 0 Å². The Labute approximate surface area is 221 Å². The Morgan fingerprint density at radius 2 is 1.78 bits per heavy atom. The van der Waals surface area contributed by atoms with Crippen LogP contribution in [0.4, 0.5) is 4.79 Å². The lowest BCUT2D eigenvalue weighted by Gasteiger charge is -2.36. The van der Waals surface area contributed by atoms with Gasteiger partial charge in [-0.1, -0.05) is 55.5 Å². The predicted molar refractivity (Wildman–Crippen MR) is 147 cm³/mol. The van der Waals surface area contributed by atoms with Crippen molar-refractivity contribution < 1.29 is 19.0 Å². The van der Waals surface area contributed by atoms with E-state index < -0.39 is 5.60 Å². The average molecular weight is 507 g/mol. The monoisotopic (exact) mass is 506 g/mol. The quantitative estimate of drug-likeness (QED) is 0.323. The van der Waals surface area contributed by atoms with Gasteiger partial charge in [-0.25, -0.2) is 4.79 Å². The molecule has 4 rings (SSSR count). The Bertz CT molecular complexity index is 1080. The van der Waals surface area contributed by atoms with Gasteiger partial charge < -0.3 is 24.1 Å². The minimum absolute atomic E-state index is 0.211. The van der Waals surface area contributed by atoms with Gasteiger partial charge in [0.15, 0.2) is 6.29 Å². The molecule has 1 saturated heterocycles. The van der Waals surface area contributed by atoms with Crippen LogP contribution in [0.2, 0.25) is 0 Å². The zero-order valence-electron chi connectivity index (χ0n) is 22.7. The summed E-state index contributed by atoms with van der Waals surface area (Å²) in [5, 5.41) is 1.22. The van der Waals surface area contributed by atoms with E-state index >= 15 is 0 Å². The van der Waals surface area contributed by atoms with Crippen molar-refractivity contribution in [3.05, 3.63) is 71.9 Å². The molecule has 1 unspecified atom stereocenters. The summed E-state index contributed by atoms with van der Waals surface area (Å²) in [6.07, 6.45) is 3.08. The summed E-state index contributed by atoms with van der Waals surface area (Å²) in [6, 6.07) is 20.7. The smallest absolute Gasteiger partial charge is 0.410 e. The van der Waals surface area contributed by atoms with E-state index in [2.05, 4.69) is 54.4 Å². The molecule has 200 valence electrons. The van der Waals surface area contributed by atoms with E-state index in [1.807, 2.05) is 43.9 Å². The van der Waals surface area contributed by atoms with Crippen LogP contribution < -0.4 is 0 Å². The number of aromatic nitrogens is 1. The molecule has 1 aliphatic rings. The zero-order valence-corrected chi connectivity index (χ0v) is 22.7. The lowest BCUT2D eigenvalue weighted by atomic mass is 9.83. The van der Waals surface area contributed by atoms with Gasteiger partial charge in [0, 0.05) is 30.2 Å². The molecule has 1 N–H and O–H groups in total. The first-order valence-electron chi connectivity index (χ1n) is 13.6. The topological polar surface area (TPSA) is 63.8 Å². The van der Waals surface area contributed by atoms with Crippen LogP contribution in [0.1, 0.15) is 58.2 Å². The Morgan fingerprint density at radius 3 is 2.46 bits per heavy atom. The summed E-state index contributed by atoms with van der Waals surface area (Å²) in [7, 11) is 0. The van der Waals surface area contributed by atoms with Crippen LogP contribution in [-0.4, -0.2) is 47.6 Å². The number of benzene rings is 2. The summed E-state index contributed by atoms with van der Waals surface area (Å²) in [5.74, 6) is 0.491. The van der Waals surface area contributed by atoms with E-state index in [1.165, 1.54) is 11.1 Å². The van der Waals surface area contributed by atoms with E-state index in [-0.39, 0.29) is 24.2 Å². The van der Waals surface area contributed by atoms with Crippen LogP contribution in [0.25, 0.3) is 10.9 Å². The molecule has 2 heterocycles. The number of amides is 1. The number of nitrogens with zero attached hydrogens (tertiary/aromatic N) is 1. The van der Waals surface area contributed by atoms with Gasteiger partial charge in [-0.05, 0) is 75.5 Å². The fourth-order valence-electron chi connectivity index (χ4n) is 5.18. The Morgan fingerprint density at radius 1 is 1.08 bits per heavy atom. The van der Waals surface area contributed by atoms with E-state index in [9.17, 15) is 4.79 Å².